The first kappa shape index (κ1) is 15.2. The van der Waals surface area contributed by atoms with Gasteiger partial charge in [-0.15, -0.1) is 0 Å². The molecule has 1 unspecified atom stereocenters. The molecule has 0 aliphatic heterocycles. The lowest BCUT2D eigenvalue weighted by Gasteiger charge is -2.27. The molecular formula is C12H28N4. The molecular weight excluding hydrogens is 200 g/mol. The molecule has 0 aliphatic rings. The van der Waals surface area contributed by atoms with Gasteiger partial charge in [0.25, 0.3) is 0 Å². The van der Waals surface area contributed by atoms with E-state index in [4.69, 9.17) is 5.84 Å². The van der Waals surface area contributed by atoms with Crippen molar-refractivity contribution in [2.45, 2.75) is 41.0 Å². The normalized spacial score (nSPS) is 14.1. The van der Waals surface area contributed by atoms with Crippen LogP contribution in [-0.4, -0.2) is 30.5 Å². The van der Waals surface area contributed by atoms with E-state index < -0.39 is 0 Å². The van der Waals surface area contributed by atoms with Gasteiger partial charge in [-0.3, -0.25) is 10.4 Å². The van der Waals surface area contributed by atoms with Gasteiger partial charge in [0, 0.05) is 19.6 Å². The van der Waals surface area contributed by atoms with Gasteiger partial charge in [-0.05, 0) is 18.8 Å². The van der Waals surface area contributed by atoms with Crippen molar-refractivity contribution in [1.29, 1.82) is 0 Å². The van der Waals surface area contributed by atoms with E-state index in [0.717, 1.165) is 25.6 Å². The summed E-state index contributed by atoms with van der Waals surface area (Å²) < 4.78 is 0. The molecule has 0 heterocycles. The second kappa shape index (κ2) is 8.39. The van der Waals surface area contributed by atoms with Crippen LogP contribution in [0, 0.1) is 11.8 Å². The number of hydrogen-bond donors (Lipinski definition) is 2. The molecule has 0 saturated heterocycles. The van der Waals surface area contributed by atoms with Crippen LogP contribution < -0.4 is 11.3 Å². The number of aliphatic imine (C=N–C) groups is 1. The Morgan fingerprint density at radius 1 is 1.31 bits per heavy atom. The van der Waals surface area contributed by atoms with Gasteiger partial charge in [0.2, 0.25) is 5.96 Å². The Hall–Kier alpha value is -0.770. The number of nitrogens with one attached hydrogen (secondary N) is 1. The maximum atomic E-state index is 5.53. The highest BCUT2D eigenvalue weighted by Gasteiger charge is 2.11. The van der Waals surface area contributed by atoms with E-state index >= 15 is 0 Å². The largest absolute Gasteiger partial charge is 0.342 e. The molecule has 16 heavy (non-hydrogen) atoms. The summed E-state index contributed by atoms with van der Waals surface area (Å²) in [5.74, 6) is 7.57. The highest BCUT2D eigenvalue weighted by molar-refractivity contribution is 5.79. The highest BCUT2D eigenvalue weighted by Crippen LogP contribution is 2.04. The summed E-state index contributed by atoms with van der Waals surface area (Å²) in [4.78, 5) is 6.71. The maximum Gasteiger partial charge on any atom is 0.208 e. The summed E-state index contributed by atoms with van der Waals surface area (Å²) in [6.45, 7) is 13.7. The molecule has 0 bridgehead atoms. The van der Waals surface area contributed by atoms with Crippen LogP contribution in [0.25, 0.3) is 0 Å². The van der Waals surface area contributed by atoms with Gasteiger partial charge in [-0.2, -0.15) is 0 Å². The standard InChI is InChI=1S/C12H28N4/c1-6-11(5)9-16(7-2)12(15-13)14-8-10(3)4/h10-11H,6-9,13H2,1-5H3,(H,14,15). The lowest BCUT2D eigenvalue weighted by molar-refractivity contribution is 0.348. The summed E-state index contributed by atoms with van der Waals surface area (Å²) in [5, 5.41) is 0. The van der Waals surface area contributed by atoms with E-state index in [0.29, 0.717) is 11.8 Å². The Balaban J connectivity index is 4.43. The molecule has 0 rings (SSSR count). The lowest BCUT2D eigenvalue weighted by atomic mass is 10.1. The molecule has 0 aliphatic carbocycles. The Morgan fingerprint density at radius 3 is 2.31 bits per heavy atom. The van der Waals surface area contributed by atoms with Crippen molar-refractivity contribution in [3.8, 4) is 0 Å². The third-order valence-corrected chi connectivity index (χ3v) is 2.65. The summed E-state index contributed by atoms with van der Waals surface area (Å²) in [5.41, 5.74) is 2.71. The Bertz CT molecular complexity index is 201. The number of hydrogen-bond acceptors (Lipinski definition) is 2. The van der Waals surface area contributed by atoms with Gasteiger partial charge in [0.1, 0.15) is 0 Å². The third-order valence-electron chi connectivity index (χ3n) is 2.65. The average molecular weight is 228 g/mol. The van der Waals surface area contributed by atoms with Gasteiger partial charge in [0.15, 0.2) is 0 Å². The zero-order valence-corrected chi connectivity index (χ0v) is 11.5. The predicted molar refractivity (Wildman–Crippen MR) is 71.2 cm³/mol. The Morgan fingerprint density at radius 2 is 1.94 bits per heavy atom. The first-order chi connectivity index (χ1) is 7.54. The van der Waals surface area contributed by atoms with Crippen LogP contribution >= 0.6 is 0 Å². The summed E-state index contributed by atoms with van der Waals surface area (Å²) in [6.07, 6.45) is 1.18. The number of hydrazine groups is 1. The second-order valence-corrected chi connectivity index (χ2v) is 4.75. The first-order valence-corrected chi connectivity index (χ1v) is 6.31. The van der Waals surface area contributed by atoms with E-state index in [1.54, 1.807) is 0 Å². The second-order valence-electron chi connectivity index (χ2n) is 4.75. The molecule has 4 heteroatoms. The molecule has 0 amide bonds. The fourth-order valence-electron chi connectivity index (χ4n) is 1.38. The van der Waals surface area contributed by atoms with Crippen molar-refractivity contribution in [3.05, 3.63) is 0 Å². The van der Waals surface area contributed by atoms with Crippen LogP contribution in [0.1, 0.15) is 41.0 Å². The van der Waals surface area contributed by atoms with E-state index in [1.807, 2.05) is 0 Å². The Kier molecular flexibility index (Phi) is 7.99. The van der Waals surface area contributed by atoms with Crippen molar-refractivity contribution >= 4 is 5.96 Å². The number of guanidine groups is 1. The SMILES string of the molecule is CCC(C)CN(CC)C(=NCC(C)C)NN. The van der Waals surface area contributed by atoms with Crippen LogP contribution in [0.3, 0.4) is 0 Å². The topological polar surface area (TPSA) is 53.6 Å². The lowest BCUT2D eigenvalue weighted by Crippen LogP contribution is -2.46. The summed E-state index contributed by atoms with van der Waals surface area (Å²) >= 11 is 0. The molecule has 0 aromatic rings. The molecule has 96 valence electrons. The molecule has 0 fully saturated rings. The average Bonchev–Trinajstić information content (AvgIpc) is 2.27. The molecule has 0 saturated carbocycles. The van der Waals surface area contributed by atoms with E-state index in [2.05, 4.69) is 49.9 Å². The van der Waals surface area contributed by atoms with Gasteiger partial charge in [-0.25, -0.2) is 5.84 Å². The van der Waals surface area contributed by atoms with E-state index in [9.17, 15) is 0 Å². The van der Waals surface area contributed by atoms with Crippen LogP contribution in [0.5, 0.6) is 0 Å². The minimum absolute atomic E-state index is 0.561. The highest BCUT2D eigenvalue weighted by atomic mass is 15.4. The van der Waals surface area contributed by atoms with Crippen LogP contribution in [0.15, 0.2) is 4.99 Å². The summed E-state index contributed by atoms with van der Waals surface area (Å²) in [6, 6.07) is 0. The van der Waals surface area contributed by atoms with Crippen LogP contribution in [0.2, 0.25) is 0 Å². The smallest absolute Gasteiger partial charge is 0.208 e. The van der Waals surface area contributed by atoms with Crippen LogP contribution in [-0.2, 0) is 0 Å². The molecule has 0 radical (unpaired) electrons. The molecule has 0 spiro atoms. The minimum Gasteiger partial charge on any atom is -0.342 e. The quantitative estimate of drug-likeness (QED) is 0.316. The predicted octanol–water partition coefficient (Wildman–Crippen LogP) is 1.83. The zero-order chi connectivity index (χ0) is 12.6. The maximum absolute atomic E-state index is 5.53. The van der Waals surface area contributed by atoms with Crippen molar-refractivity contribution < 1.29 is 0 Å². The number of nitrogens with two attached hydrogens (primary N) is 1. The zero-order valence-electron chi connectivity index (χ0n) is 11.5. The van der Waals surface area contributed by atoms with Crippen molar-refractivity contribution in [3.63, 3.8) is 0 Å². The van der Waals surface area contributed by atoms with Crippen molar-refractivity contribution in [2.24, 2.45) is 22.7 Å². The third kappa shape index (κ3) is 5.95. The van der Waals surface area contributed by atoms with Crippen molar-refractivity contribution in [1.82, 2.24) is 10.3 Å². The molecule has 4 nitrogen and oxygen atoms in total. The van der Waals surface area contributed by atoms with Gasteiger partial charge < -0.3 is 4.90 Å². The number of rotatable bonds is 6. The molecule has 0 aromatic carbocycles. The van der Waals surface area contributed by atoms with Gasteiger partial charge in [-0.1, -0.05) is 34.1 Å². The van der Waals surface area contributed by atoms with Crippen LogP contribution in [0.4, 0.5) is 0 Å². The van der Waals surface area contributed by atoms with E-state index in [-0.39, 0.29) is 0 Å². The van der Waals surface area contributed by atoms with Crippen molar-refractivity contribution in [2.75, 3.05) is 19.6 Å². The molecule has 3 N–H and O–H groups in total. The fraction of sp³-hybridized carbons (Fsp3) is 0.917. The van der Waals surface area contributed by atoms with Gasteiger partial charge in [0.05, 0.1) is 0 Å². The number of nitrogens with zero attached hydrogens (tertiary/aromatic N) is 2. The first-order valence-electron chi connectivity index (χ1n) is 6.31. The summed E-state index contributed by atoms with van der Waals surface area (Å²) in [7, 11) is 0. The molecule has 1 atom stereocenters. The van der Waals surface area contributed by atoms with E-state index in [1.165, 1.54) is 6.42 Å². The van der Waals surface area contributed by atoms with Gasteiger partial charge >= 0.3 is 0 Å². The minimum atomic E-state index is 0.561. The Labute approximate surface area is 100 Å². The monoisotopic (exact) mass is 228 g/mol. The molecule has 0 aromatic heterocycles. The fourth-order valence-corrected chi connectivity index (χ4v) is 1.38.